The lowest BCUT2D eigenvalue weighted by molar-refractivity contribution is -0.143. The molecule has 0 bridgehead atoms. The predicted octanol–water partition coefficient (Wildman–Crippen LogP) is 2.08. The van der Waals surface area contributed by atoms with Crippen LogP contribution in [-0.4, -0.2) is 40.6 Å². The van der Waals surface area contributed by atoms with Gasteiger partial charge in [-0.3, -0.25) is 4.79 Å². The summed E-state index contributed by atoms with van der Waals surface area (Å²) in [6.45, 7) is 8.40. The molecule has 0 radical (unpaired) electrons. The first kappa shape index (κ1) is 15.4. The molecule has 0 amide bonds. The zero-order valence-corrected chi connectivity index (χ0v) is 12.0. The molecule has 4 nitrogen and oxygen atoms in total. The Kier molecular flexibility index (Phi) is 5.60. The number of hydrogen-bond donors (Lipinski definition) is 2. The van der Waals surface area contributed by atoms with Crippen molar-refractivity contribution in [3.63, 3.8) is 0 Å². The molecule has 106 valence electrons. The van der Waals surface area contributed by atoms with Crippen LogP contribution in [0.3, 0.4) is 0 Å². The van der Waals surface area contributed by atoms with Crippen LogP contribution in [0.15, 0.2) is 0 Å². The van der Waals surface area contributed by atoms with Crippen molar-refractivity contribution in [3.05, 3.63) is 0 Å². The highest BCUT2D eigenvalue weighted by Gasteiger charge is 2.33. The van der Waals surface area contributed by atoms with Gasteiger partial charge in [-0.25, -0.2) is 0 Å². The Balaban J connectivity index is 2.36. The van der Waals surface area contributed by atoms with Gasteiger partial charge in [0, 0.05) is 12.6 Å². The lowest BCUT2D eigenvalue weighted by Crippen LogP contribution is -2.47. The van der Waals surface area contributed by atoms with E-state index < -0.39 is 11.5 Å². The standard InChI is InChI=1S/C14H28N2O2/c1-4-14(15,13(17)18)8-5-9-16(10-11(2)3)12-6-7-12/h11-12H,4-10,15H2,1-3H3,(H,17,18). The lowest BCUT2D eigenvalue weighted by atomic mass is 9.91. The summed E-state index contributed by atoms with van der Waals surface area (Å²) >= 11 is 0. The predicted molar refractivity (Wildman–Crippen MR) is 73.5 cm³/mol. The molecule has 1 atom stereocenters. The highest BCUT2D eigenvalue weighted by atomic mass is 16.4. The van der Waals surface area contributed by atoms with Crippen LogP contribution in [0, 0.1) is 5.92 Å². The summed E-state index contributed by atoms with van der Waals surface area (Å²) in [5, 5.41) is 9.13. The Morgan fingerprint density at radius 2 is 2.11 bits per heavy atom. The van der Waals surface area contributed by atoms with Gasteiger partial charge in [-0.05, 0) is 44.6 Å². The zero-order valence-electron chi connectivity index (χ0n) is 12.0. The molecule has 0 aromatic rings. The fourth-order valence-corrected chi connectivity index (χ4v) is 2.36. The average molecular weight is 256 g/mol. The third-order valence-electron chi connectivity index (χ3n) is 3.79. The normalized spacial score (nSPS) is 19.2. The fourth-order valence-electron chi connectivity index (χ4n) is 2.36. The molecule has 0 aromatic carbocycles. The summed E-state index contributed by atoms with van der Waals surface area (Å²) in [7, 11) is 0. The van der Waals surface area contributed by atoms with Crippen molar-refractivity contribution in [1.29, 1.82) is 0 Å². The number of carbonyl (C=O) groups is 1. The molecular weight excluding hydrogens is 228 g/mol. The second-order valence-electron chi connectivity index (χ2n) is 6.04. The van der Waals surface area contributed by atoms with E-state index in [1.54, 1.807) is 0 Å². The minimum atomic E-state index is -1.03. The van der Waals surface area contributed by atoms with E-state index in [9.17, 15) is 4.79 Å². The second kappa shape index (κ2) is 6.53. The number of carboxylic acids is 1. The number of hydrogen-bond acceptors (Lipinski definition) is 3. The molecule has 0 aromatic heterocycles. The van der Waals surface area contributed by atoms with Gasteiger partial charge in [-0.1, -0.05) is 20.8 Å². The van der Waals surface area contributed by atoms with E-state index in [1.165, 1.54) is 12.8 Å². The van der Waals surface area contributed by atoms with Crippen LogP contribution in [0.25, 0.3) is 0 Å². The van der Waals surface area contributed by atoms with Crippen LogP contribution in [0.1, 0.15) is 52.9 Å². The Bertz CT molecular complexity index is 277. The highest BCUT2D eigenvalue weighted by molar-refractivity contribution is 5.78. The Morgan fingerprint density at radius 1 is 1.50 bits per heavy atom. The van der Waals surface area contributed by atoms with Crippen molar-refractivity contribution < 1.29 is 9.90 Å². The van der Waals surface area contributed by atoms with Crippen LogP contribution < -0.4 is 5.73 Å². The van der Waals surface area contributed by atoms with Crippen LogP contribution in [-0.2, 0) is 4.79 Å². The zero-order chi connectivity index (χ0) is 13.8. The lowest BCUT2D eigenvalue weighted by Gasteiger charge is -2.27. The molecule has 1 fully saturated rings. The molecule has 0 saturated heterocycles. The van der Waals surface area contributed by atoms with Gasteiger partial charge in [0.15, 0.2) is 0 Å². The van der Waals surface area contributed by atoms with Gasteiger partial charge < -0.3 is 15.7 Å². The van der Waals surface area contributed by atoms with Crippen LogP contribution >= 0.6 is 0 Å². The van der Waals surface area contributed by atoms with E-state index in [0.717, 1.165) is 25.6 Å². The summed E-state index contributed by atoms with van der Waals surface area (Å²) in [5.74, 6) is -0.203. The van der Waals surface area contributed by atoms with E-state index in [-0.39, 0.29) is 0 Å². The van der Waals surface area contributed by atoms with Crippen molar-refractivity contribution in [3.8, 4) is 0 Å². The van der Waals surface area contributed by atoms with E-state index in [2.05, 4.69) is 18.7 Å². The molecule has 1 aliphatic carbocycles. The van der Waals surface area contributed by atoms with E-state index in [1.807, 2.05) is 6.92 Å². The molecule has 1 aliphatic rings. The van der Waals surface area contributed by atoms with Crippen molar-refractivity contribution in [1.82, 2.24) is 4.90 Å². The summed E-state index contributed by atoms with van der Waals surface area (Å²) in [6, 6.07) is 0.742. The number of nitrogens with zero attached hydrogens (tertiary/aromatic N) is 1. The van der Waals surface area contributed by atoms with Crippen molar-refractivity contribution in [2.24, 2.45) is 11.7 Å². The molecule has 1 rings (SSSR count). The number of nitrogens with two attached hydrogens (primary N) is 1. The average Bonchev–Trinajstić information content (AvgIpc) is 3.10. The molecule has 3 N–H and O–H groups in total. The van der Waals surface area contributed by atoms with Gasteiger partial charge in [-0.2, -0.15) is 0 Å². The van der Waals surface area contributed by atoms with Crippen LogP contribution in [0.2, 0.25) is 0 Å². The number of carboxylic acid groups (broad SMARTS) is 1. The third-order valence-corrected chi connectivity index (χ3v) is 3.79. The van der Waals surface area contributed by atoms with Crippen LogP contribution in [0.5, 0.6) is 0 Å². The van der Waals surface area contributed by atoms with Gasteiger partial charge in [-0.15, -0.1) is 0 Å². The fraction of sp³-hybridized carbons (Fsp3) is 0.929. The van der Waals surface area contributed by atoms with Crippen molar-refractivity contribution in [2.75, 3.05) is 13.1 Å². The summed E-state index contributed by atoms with van der Waals surface area (Å²) in [6.07, 6.45) is 4.54. The minimum Gasteiger partial charge on any atom is -0.480 e. The number of rotatable bonds is 9. The molecule has 0 aliphatic heterocycles. The van der Waals surface area contributed by atoms with Crippen LogP contribution in [0.4, 0.5) is 0 Å². The first-order valence-electron chi connectivity index (χ1n) is 7.15. The Labute approximate surface area is 111 Å². The van der Waals surface area contributed by atoms with Gasteiger partial charge in [0.05, 0.1) is 0 Å². The molecule has 1 saturated carbocycles. The molecule has 4 heteroatoms. The number of aliphatic carboxylic acids is 1. The molecule has 0 spiro atoms. The molecule has 18 heavy (non-hydrogen) atoms. The smallest absolute Gasteiger partial charge is 0.323 e. The monoisotopic (exact) mass is 256 g/mol. The van der Waals surface area contributed by atoms with E-state index in [0.29, 0.717) is 18.8 Å². The van der Waals surface area contributed by atoms with Gasteiger partial charge in [0.25, 0.3) is 0 Å². The topological polar surface area (TPSA) is 66.6 Å². The molecular formula is C14H28N2O2. The maximum Gasteiger partial charge on any atom is 0.323 e. The SMILES string of the molecule is CCC(N)(CCCN(CC(C)C)C1CC1)C(=O)O. The maximum absolute atomic E-state index is 11.1. The minimum absolute atomic E-state index is 0.496. The highest BCUT2D eigenvalue weighted by Crippen LogP contribution is 2.28. The van der Waals surface area contributed by atoms with Gasteiger partial charge >= 0.3 is 5.97 Å². The first-order valence-corrected chi connectivity index (χ1v) is 7.15. The van der Waals surface area contributed by atoms with Gasteiger partial charge in [0.1, 0.15) is 5.54 Å². The summed E-state index contributed by atoms with van der Waals surface area (Å²) in [4.78, 5) is 13.6. The van der Waals surface area contributed by atoms with E-state index >= 15 is 0 Å². The largest absolute Gasteiger partial charge is 0.480 e. The van der Waals surface area contributed by atoms with Crippen molar-refractivity contribution >= 4 is 5.97 Å². The Hall–Kier alpha value is -0.610. The van der Waals surface area contributed by atoms with Gasteiger partial charge in [0.2, 0.25) is 0 Å². The summed E-state index contributed by atoms with van der Waals surface area (Å²) in [5.41, 5.74) is 4.87. The Morgan fingerprint density at radius 3 is 2.50 bits per heavy atom. The second-order valence-corrected chi connectivity index (χ2v) is 6.04. The first-order chi connectivity index (χ1) is 8.39. The summed E-state index contributed by atoms with van der Waals surface area (Å²) < 4.78 is 0. The van der Waals surface area contributed by atoms with Crippen molar-refractivity contribution in [2.45, 2.75) is 64.5 Å². The van der Waals surface area contributed by atoms with E-state index in [4.69, 9.17) is 10.8 Å². The third kappa shape index (κ3) is 4.58. The quantitative estimate of drug-likeness (QED) is 0.663. The molecule has 0 heterocycles. The maximum atomic E-state index is 11.1. The molecule has 1 unspecified atom stereocenters.